The summed E-state index contributed by atoms with van der Waals surface area (Å²) in [5.74, 6) is -0.175. The number of esters is 1. The molecule has 0 bridgehead atoms. The van der Waals surface area contributed by atoms with Crippen LogP contribution in [0.3, 0.4) is 0 Å². The predicted molar refractivity (Wildman–Crippen MR) is 116 cm³/mol. The lowest BCUT2D eigenvalue weighted by Crippen LogP contribution is -2.68. The number of carbonyl (C=O) groups is 1. The molecule has 0 radical (unpaired) electrons. The second kappa shape index (κ2) is 7.71. The molecule has 0 spiro atoms. The van der Waals surface area contributed by atoms with Crippen LogP contribution in [0.2, 0.25) is 5.04 Å². The first-order valence-corrected chi connectivity index (χ1v) is 12.4. The predicted octanol–water partition coefficient (Wildman–Crippen LogP) is 2.88. The highest BCUT2D eigenvalue weighted by molar-refractivity contribution is 6.99. The van der Waals surface area contributed by atoms with Crippen LogP contribution in [0, 0.1) is 11.8 Å². The van der Waals surface area contributed by atoms with Gasteiger partial charge in [0.15, 0.2) is 0 Å². The topological polar surface area (TPSA) is 55.8 Å². The molecule has 0 aromatic heterocycles. The van der Waals surface area contributed by atoms with Crippen molar-refractivity contribution >= 4 is 24.7 Å². The van der Waals surface area contributed by atoms with Crippen molar-refractivity contribution in [1.82, 2.24) is 0 Å². The molecule has 4 rings (SSSR count). The summed E-state index contributed by atoms with van der Waals surface area (Å²) in [4.78, 5) is 11.8. The Morgan fingerprint density at radius 2 is 1.59 bits per heavy atom. The van der Waals surface area contributed by atoms with Gasteiger partial charge in [0.2, 0.25) is 0 Å². The second-order valence-electron chi connectivity index (χ2n) is 9.30. The van der Waals surface area contributed by atoms with Gasteiger partial charge in [-0.1, -0.05) is 81.4 Å². The van der Waals surface area contributed by atoms with E-state index in [9.17, 15) is 9.90 Å². The number of hydrogen-bond acceptors (Lipinski definition) is 4. The number of aliphatic hydroxyl groups excluding tert-OH is 1. The van der Waals surface area contributed by atoms with Crippen LogP contribution in [0.15, 0.2) is 60.7 Å². The van der Waals surface area contributed by atoms with Crippen LogP contribution in [0.1, 0.15) is 33.6 Å². The summed E-state index contributed by atoms with van der Waals surface area (Å²) in [7, 11) is -2.69. The Hall–Kier alpha value is -1.95. The van der Waals surface area contributed by atoms with E-state index >= 15 is 0 Å². The maximum absolute atomic E-state index is 11.8. The van der Waals surface area contributed by atoms with Crippen LogP contribution < -0.4 is 10.4 Å². The number of ether oxygens (including phenoxy) is 1. The zero-order chi connectivity index (χ0) is 20.6. The lowest BCUT2D eigenvalue weighted by Gasteiger charge is -2.45. The molecule has 2 aliphatic rings. The molecule has 1 saturated carbocycles. The number of fused-ring (bicyclic) bond motifs is 1. The fraction of sp³-hybridized carbons (Fsp3) is 0.458. The molecule has 2 aromatic rings. The largest absolute Gasteiger partial charge is 0.462 e. The van der Waals surface area contributed by atoms with Crippen LogP contribution in [0.4, 0.5) is 0 Å². The van der Waals surface area contributed by atoms with Crippen molar-refractivity contribution in [1.29, 1.82) is 0 Å². The lowest BCUT2D eigenvalue weighted by atomic mass is 9.93. The molecule has 2 fully saturated rings. The Balaban J connectivity index is 1.80. The van der Waals surface area contributed by atoms with Gasteiger partial charge in [0, 0.05) is 24.9 Å². The van der Waals surface area contributed by atoms with E-state index in [0.29, 0.717) is 12.8 Å². The SMILES string of the molecule is CC(C)(C)[Si](OC1CC2OC(=O)CC2C1CO)(c1ccccc1)c1ccccc1. The Kier molecular flexibility index (Phi) is 5.40. The minimum absolute atomic E-state index is 0.0146. The average molecular weight is 411 g/mol. The van der Waals surface area contributed by atoms with E-state index in [1.54, 1.807) is 0 Å². The maximum Gasteiger partial charge on any atom is 0.306 e. The van der Waals surface area contributed by atoms with Crippen molar-refractivity contribution in [2.45, 2.75) is 50.9 Å². The van der Waals surface area contributed by atoms with Gasteiger partial charge in [-0.3, -0.25) is 4.79 Å². The van der Waals surface area contributed by atoms with Crippen molar-refractivity contribution in [3.63, 3.8) is 0 Å². The minimum atomic E-state index is -2.69. The molecule has 1 aliphatic heterocycles. The van der Waals surface area contributed by atoms with E-state index in [4.69, 9.17) is 9.16 Å². The highest BCUT2D eigenvalue weighted by Gasteiger charge is 2.56. The van der Waals surface area contributed by atoms with E-state index in [1.165, 1.54) is 10.4 Å². The molecule has 1 N–H and O–H groups in total. The summed E-state index contributed by atoms with van der Waals surface area (Å²) in [5.41, 5.74) is 0. The first-order chi connectivity index (χ1) is 13.9. The molecule has 4 nitrogen and oxygen atoms in total. The van der Waals surface area contributed by atoms with Crippen LogP contribution in [-0.2, 0) is 14.0 Å². The van der Waals surface area contributed by atoms with Crippen LogP contribution in [0.5, 0.6) is 0 Å². The summed E-state index contributed by atoms with van der Waals surface area (Å²) < 4.78 is 12.7. The summed E-state index contributed by atoms with van der Waals surface area (Å²) in [5, 5.41) is 12.5. The molecule has 1 aliphatic carbocycles. The van der Waals surface area contributed by atoms with Gasteiger partial charge < -0.3 is 14.3 Å². The molecule has 29 heavy (non-hydrogen) atoms. The average Bonchev–Trinajstić information content (AvgIpc) is 3.21. The Bertz CT molecular complexity index is 807. The third kappa shape index (κ3) is 3.45. The summed E-state index contributed by atoms with van der Waals surface area (Å²) >= 11 is 0. The Morgan fingerprint density at radius 3 is 2.07 bits per heavy atom. The lowest BCUT2D eigenvalue weighted by molar-refractivity contribution is -0.141. The monoisotopic (exact) mass is 410 g/mol. The number of hydrogen-bond donors (Lipinski definition) is 1. The van der Waals surface area contributed by atoms with Gasteiger partial charge in [0.25, 0.3) is 8.32 Å². The van der Waals surface area contributed by atoms with Gasteiger partial charge in [-0.15, -0.1) is 0 Å². The van der Waals surface area contributed by atoms with Gasteiger partial charge in [-0.05, 0) is 15.4 Å². The summed E-state index contributed by atoms with van der Waals surface area (Å²) in [6.07, 6.45) is 0.778. The minimum Gasteiger partial charge on any atom is -0.462 e. The Labute approximate surface area is 174 Å². The normalized spacial score (nSPS) is 27.0. The zero-order valence-electron chi connectivity index (χ0n) is 17.4. The maximum atomic E-state index is 11.8. The van der Waals surface area contributed by atoms with Crippen LogP contribution in [-0.4, -0.2) is 38.2 Å². The molecule has 1 saturated heterocycles. The zero-order valence-corrected chi connectivity index (χ0v) is 18.4. The fourth-order valence-electron chi connectivity index (χ4n) is 5.26. The fourth-order valence-corrected chi connectivity index (χ4v) is 10.0. The first kappa shape index (κ1) is 20.3. The van der Waals surface area contributed by atoms with E-state index in [0.717, 1.165) is 0 Å². The van der Waals surface area contributed by atoms with Crippen molar-refractivity contribution in [3.8, 4) is 0 Å². The van der Waals surface area contributed by atoms with Crippen molar-refractivity contribution in [2.24, 2.45) is 11.8 Å². The quantitative estimate of drug-likeness (QED) is 0.608. The molecule has 2 aromatic carbocycles. The van der Waals surface area contributed by atoms with E-state index in [2.05, 4.69) is 69.3 Å². The molecule has 1 heterocycles. The molecular formula is C24H30O4Si. The highest BCUT2D eigenvalue weighted by atomic mass is 28.4. The van der Waals surface area contributed by atoms with Crippen LogP contribution in [0.25, 0.3) is 0 Å². The van der Waals surface area contributed by atoms with Crippen LogP contribution >= 0.6 is 0 Å². The summed E-state index contributed by atoms with van der Waals surface area (Å²) in [6.45, 7) is 6.77. The smallest absolute Gasteiger partial charge is 0.306 e. The molecule has 154 valence electrons. The van der Waals surface area contributed by atoms with E-state index < -0.39 is 8.32 Å². The number of aliphatic hydroxyl groups is 1. The van der Waals surface area contributed by atoms with Gasteiger partial charge in [-0.2, -0.15) is 0 Å². The third-order valence-corrected chi connectivity index (χ3v) is 11.7. The van der Waals surface area contributed by atoms with Gasteiger partial charge >= 0.3 is 5.97 Å². The number of rotatable bonds is 5. The first-order valence-electron chi connectivity index (χ1n) is 10.5. The van der Waals surface area contributed by atoms with Crippen molar-refractivity contribution in [3.05, 3.63) is 60.7 Å². The van der Waals surface area contributed by atoms with Crippen molar-refractivity contribution < 1.29 is 19.1 Å². The number of carbonyl (C=O) groups excluding carboxylic acids is 1. The third-order valence-electron chi connectivity index (χ3n) is 6.61. The second-order valence-corrected chi connectivity index (χ2v) is 13.6. The van der Waals surface area contributed by atoms with E-state index in [-0.39, 0.29) is 41.7 Å². The standard InChI is InChI=1S/C24H30O4Si/c1-24(2,3)29(17-10-6-4-7-11-17,18-12-8-5-9-13-18)28-22-15-21-19(20(22)16-25)14-23(26)27-21/h4-13,19-22,25H,14-16H2,1-3H3. The van der Waals surface area contributed by atoms with Crippen molar-refractivity contribution in [2.75, 3.05) is 6.61 Å². The molecule has 4 unspecified atom stereocenters. The van der Waals surface area contributed by atoms with Gasteiger partial charge in [-0.25, -0.2) is 0 Å². The Morgan fingerprint density at radius 1 is 1.03 bits per heavy atom. The molecular weight excluding hydrogens is 380 g/mol. The molecule has 0 amide bonds. The summed E-state index contributed by atoms with van der Waals surface area (Å²) in [6, 6.07) is 21.1. The van der Waals surface area contributed by atoms with E-state index in [1.807, 2.05) is 12.1 Å². The van der Waals surface area contributed by atoms with Gasteiger partial charge in [0.1, 0.15) is 6.10 Å². The molecule has 5 heteroatoms. The molecule has 4 atom stereocenters. The van der Waals surface area contributed by atoms with Gasteiger partial charge in [0.05, 0.1) is 12.5 Å². The number of benzene rings is 2. The highest BCUT2D eigenvalue weighted by Crippen LogP contribution is 2.46.